The molecule has 0 radical (unpaired) electrons. The number of rotatable bonds is 4. The smallest absolute Gasteiger partial charge is 0.270 e. The average Bonchev–Trinajstić information content (AvgIpc) is 3.31. The molecule has 0 aliphatic carbocycles. The van der Waals surface area contributed by atoms with Crippen LogP contribution in [0.25, 0.3) is 5.69 Å². The van der Waals surface area contributed by atoms with Gasteiger partial charge in [0.2, 0.25) is 5.91 Å². The molecule has 142 valence electrons. The van der Waals surface area contributed by atoms with Crippen LogP contribution in [0.1, 0.15) is 29.8 Å². The lowest BCUT2D eigenvalue weighted by Gasteiger charge is -2.35. The Kier molecular flexibility index (Phi) is 4.94. The molecule has 1 aromatic carbocycles. The maximum absolute atomic E-state index is 12.8. The number of nitrogens with one attached hydrogen (secondary N) is 1. The molecule has 7 nitrogen and oxygen atoms in total. The van der Waals surface area contributed by atoms with Crippen LogP contribution >= 0.6 is 0 Å². The predicted molar refractivity (Wildman–Crippen MR) is 102 cm³/mol. The maximum atomic E-state index is 12.8. The summed E-state index contributed by atoms with van der Waals surface area (Å²) in [6.07, 6.45) is 4.27. The Labute approximate surface area is 158 Å². The molecule has 2 fully saturated rings. The number of carbonyl (C=O) groups is 2. The lowest BCUT2D eigenvalue weighted by Crippen LogP contribution is -2.50. The number of nitrogens with zero attached hydrogens (tertiary/aromatic N) is 4. The van der Waals surface area contributed by atoms with Crippen LogP contribution < -0.4 is 5.32 Å². The van der Waals surface area contributed by atoms with E-state index in [4.69, 9.17) is 0 Å². The van der Waals surface area contributed by atoms with Gasteiger partial charge in [0, 0.05) is 32.7 Å². The summed E-state index contributed by atoms with van der Waals surface area (Å²) in [4.78, 5) is 29.0. The van der Waals surface area contributed by atoms with Gasteiger partial charge in [0.1, 0.15) is 5.69 Å². The van der Waals surface area contributed by atoms with Gasteiger partial charge in [0.15, 0.2) is 0 Å². The molecule has 27 heavy (non-hydrogen) atoms. The minimum atomic E-state index is -0.105. The van der Waals surface area contributed by atoms with Crippen LogP contribution in [0.4, 0.5) is 0 Å². The van der Waals surface area contributed by atoms with E-state index in [1.807, 2.05) is 42.3 Å². The van der Waals surface area contributed by atoms with Crippen LogP contribution in [0, 0.1) is 0 Å². The van der Waals surface area contributed by atoms with Gasteiger partial charge in [-0.25, -0.2) is 4.68 Å². The minimum Gasteiger partial charge on any atom is -0.348 e. The number of para-hydroxylation sites is 1. The van der Waals surface area contributed by atoms with E-state index in [2.05, 4.69) is 15.3 Å². The van der Waals surface area contributed by atoms with Crippen molar-refractivity contribution in [2.75, 3.05) is 26.7 Å². The summed E-state index contributed by atoms with van der Waals surface area (Å²) >= 11 is 0. The molecule has 0 bridgehead atoms. The van der Waals surface area contributed by atoms with Crippen LogP contribution in [-0.2, 0) is 4.79 Å². The number of likely N-dealkylation sites (tertiary alicyclic amines) is 2. The van der Waals surface area contributed by atoms with Crippen molar-refractivity contribution >= 4 is 11.8 Å². The highest BCUT2D eigenvalue weighted by Gasteiger charge is 2.36. The number of hydrogen-bond donors (Lipinski definition) is 1. The molecule has 0 unspecified atom stereocenters. The molecular formula is C20H25N5O2. The molecule has 0 saturated carbocycles. The Morgan fingerprint density at radius 3 is 2.48 bits per heavy atom. The summed E-state index contributed by atoms with van der Waals surface area (Å²) in [7, 11) is 1.87. The summed E-state index contributed by atoms with van der Waals surface area (Å²) in [5.41, 5.74) is 1.41. The third-order valence-corrected chi connectivity index (χ3v) is 5.58. The Balaban J connectivity index is 1.36. The van der Waals surface area contributed by atoms with Crippen molar-refractivity contribution < 1.29 is 9.59 Å². The molecular weight excluding hydrogens is 342 g/mol. The van der Waals surface area contributed by atoms with Crippen molar-refractivity contribution in [1.29, 1.82) is 0 Å². The lowest BCUT2D eigenvalue weighted by atomic mass is 10.0. The highest BCUT2D eigenvalue weighted by Crippen LogP contribution is 2.21. The molecule has 2 amide bonds. The minimum absolute atomic E-state index is 0.0196. The zero-order valence-electron chi connectivity index (χ0n) is 15.5. The molecule has 7 heteroatoms. The van der Waals surface area contributed by atoms with Gasteiger partial charge in [0.25, 0.3) is 5.91 Å². The first-order chi connectivity index (χ1) is 13.1. The Bertz CT molecular complexity index is 811. The number of hydrogen-bond acceptors (Lipinski definition) is 4. The Hall–Kier alpha value is -2.67. The monoisotopic (exact) mass is 367 g/mol. The van der Waals surface area contributed by atoms with E-state index >= 15 is 0 Å². The molecule has 2 aromatic rings. The van der Waals surface area contributed by atoms with Crippen LogP contribution in [0.15, 0.2) is 42.6 Å². The second kappa shape index (κ2) is 7.52. The lowest BCUT2D eigenvalue weighted by molar-refractivity contribution is -0.131. The quantitative estimate of drug-likeness (QED) is 0.884. The zero-order valence-corrected chi connectivity index (χ0v) is 15.5. The van der Waals surface area contributed by atoms with Crippen molar-refractivity contribution in [3.05, 3.63) is 48.3 Å². The molecule has 2 saturated heterocycles. The molecule has 3 heterocycles. The second-order valence-corrected chi connectivity index (χ2v) is 7.31. The third-order valence-electron chi connectivity index (χ3n) is 5.58. The van der Waals surface area contributed by atoms with Crippen LogP contribution in [-0.4, -0.2) is 70.2 Å². The topological polar surface area (TPSA) is 70.5 Å². The summed E-state index contributed by atoms with van der Waals surface area (Å²) in [6.45, 7) is 2.52. The predicted octanol–water partition coefficient (Wildman–Crippen LogP) is 1.30. The highest BCUT2D eigenvalue weighted by atomic mass is 16.2. The van der Waals surface area contributed by atoms with Gasteiger partial charge in [-0.05, 0) is 37.5 Å². The molecule has 1 N–H and O–H groups in total. The first kappa shape index (κ1) is 17.7. The van der Waals surface area contributed by atoms with Gasteiger partial charge in [0.05, 0.1) is 17.9 Å². The van der Waals surface area contributed by atoms with Gasteiger partial charge < -0.3 is 10.2 Å². The fraction of sp³-hybridized carbons (Fsp3) is 0.450. The van der Waals surface area contributed by atoms with Crippen LogP contribution in [0.5, 0.6) is 0 Å². The molecule has 2 aliphatic heterocycles. The average molecular weight is 367 g/mol. The Morgan fingerprint density at radius 2 is 1.81 bits per heavy atom. The molecule has 4 rings (SSSR count). The number of aromatic nitrogens is 2. The van der Waals surface area contributed by atoms with E-state index in [1.165, 1.54) is 0 Å². The van der Waals surface area contributed by atoms with Gasteiger partial charge >= 0.3 is 0 Å². The van der Waals surface area contributed by atoms with E-state index in [-0.39, 0.29) is 23.9 Å². The Morgan fingerprint density at radius 1 is 1.07 bits per heavy atom. The van der Waals surface area contributed by atoms with E-state index in [0.29, 0.717) is 5.69 Å². The molecule has 1 atom stereocenters. The first-order valence-corrected chi connectivity index (χ1v) is 9.53. The summed E-state index contributed by atoms with van der Waals surface area (Å²) < 4.78 is 1.66. The number of benzene rings is 1. The largest absolute Gasteiger partial charge is 0.348 e. The summed E-state index contributed by atoms with van der Waals surface area (Å²) in [6, 6.07) is 11.5. The number of carbonyl (C=O) groups excluding carboxylic acids is 2. The summed E-state index contributed by atoms with van der Waals surface area (Å²) in [5.74, 6) is 0.121. The highest BCUT2D eigenvalue weighted by molar-refractivity contribution is 5.93. The van der Waals surface area contributed by atoms with E-state index in [9.17, 15) is 9.59 Å². The molecule has 1 aromatic heterocycles. The van der Waals surface area contributed by atoms with Gasteiger partial charge in [-0.15, -0.1) is 0 Å². The molecule has 0 spiro atoms. The normalized spacial score (nSPS) is 21.6. The van der Waals surface area contributed by atoms with Crippen LogP contribution in [0.3, 0.4) is 0 Å². The maximum Gasteiger partial charge on any atom is 0.270 e. The SMILES string of the molecule is CN1CC[C@H](N2CCC(NC(=O)c3ccnn3-c3ccccc3)CC2)C1=O. The van der Waals surface area contributed by atoms with Crippen molar-refractivity contribution in [1.82, 2.24) is 24.9 Å². The first-order valence-electron chi connectivity index (χ1n) is 9.53. The van der Waals surface area contributed by atoms with Crippen molar-refractivity contribution in [3.63, 3.8) is 0 Å². The second-order valence-electron chi connectivity index (χ2n) is 7.31. The number of likely N-dealkylation sites (N-methyl/N-ethyl adjacent to an activating group) is 1. The van der Waals surface area contributed by atoms with Gasteiger partial charge in [-0.3, -0.25) is 14.5 Å². The number of piperidine rings is 1. The van der Waals surface area contributed by atoms with Crippen molar-refractivity contribution in [2.24, 2.45) is 0 Å². The van der Waals surface area contributed by atoms with Crippen molar-refractivity contribution in [3.8, 4) is 5.69 Å². The van der Waals surface area contributed by atoms with E-state index in [1.54, 1.807) is 16.9 Å². The fourth-order valence-electron chi connectivity index (χ4n) is 4.01. The summed E-state index contributed by atoms with van der Waals surface area (Å²) in [5, 5.41) is 7.43. The zero-order chi connectivity index (χ0) is 18.8. The van der Waals surface area contributed by atoms with E-state index < -0.39 is 0 Å². The van der Waals surface area contributed by atoms with Crippen LogP contribution in [0.2, 0.25) is 0 Å². The standard InChI is InChI=1S/C20H25N5O2/c1-23-12-10-18(20(23)27)24-13-8-15(9-14-24)22-19(26)17-7-11-21-25(17)16-5-3-2-4-6-16/h2-7,11,15,18H,8-10,12-14H2,1H3,(H,22,26)/t18-/m0/s1. The number of amides is 2. The van der Waals surface area contributed by atoms with Gasteiger partial charge in [-0.2, -0.15) is 5.10 Å². The van der Waals surface area contributed by atoms with Crippen molar-refractivity contribution in [2.45, 2.75) is 31.3 Å². The van der Waals surface area contributed by atoms with E-state index in [0.717, 1.165) is 44.6 Å². The fourth-order valence-corrected chi connectivity index (χ4v) is 4.01. The van der Waals surface area contributed by atoms with Gasteiger partial charge in [-0.1, -0.05) is 18.2 Å². The molecule has 2 aliphatic rings. The third kappa shape index (κ3) is 3.60.